The molecule has 2 heterocycles. The fourth-order valence-corrected chi connectivity index (χ4v) is 5.87. The lowest BCUT2D eigenvalue weighted by atomic mass is 9.93. The van der Waals surface area contributed by atoms with E-state index in [-0.39, 0.29) is 12.2 Å². The van der Waals surface area contributed by atoms with Gasteiger partial charge in [0.25, 0.3) is 5.56 Å². The summed E-state index contributed by atoms with van der Waals surface area (Å²) in [7, 11) is 1.60. The number of hydrogen-bond donors (Lipinski definition) is 0. The van der Waals surface area contributed by atoms with Crippen molar-refractivity contribution in [3.05, 3.63) is 125 Å². The molecule has 1 aliphatic heterocycles. The van der Waals surface area contributed by atoms with Crippen molar-refractivity contribution >= 4 is 45.0 Å². The number of hydrogen-bond acceptors (Lipinski definition) is 6. The summed E-state index contributed by atoms with van der Waals surface area (Å²) in [5, 5.41) is 0. The zero-order valence-electron chi connectivity index (χ0n) is 20.2. The van der Waals surface area contributed by atoms with E-state index < -0.39 is 12.0 Å². The number of halogens is 1. The summed E-state index contributed by atoms with van der Waals surface area (Å²) in [6.07, 6.45) is 1.83. The topological polar surface area (TPSA) is 69.9 Å². The molecule has 1 atom stereocenters. The number of methoxy groups -OCH3 is 1. The second-order valence-corrected chi connectivity index (χ2v) is 10.1. The van der Waals surface area contributed by atoms with Gasteiger partial charge in [-0.1, -0.05) is 78.1 Å². The number of carbonyl (C=O) groups excluding carboxylic acids is 1. The van der Waals surface area contributed by atoms with Crippen LogP contribution in [-0.2, 0) is 9.53 Å². The summed E-state index contributed by atoms with van der Waals surface area (Å²) in [6, 6.07) is 24.0. The van der Waals surface area contributed by atoms with Crippen LogP contribution in [0, 0.1) is 0 Å². The minimum atomic E-state index is -0.684. The standard InChI is InChI=1S/C29H23BrN2O4S/c1-3-36-28(34)24-25(19-10-6-4-7-11-19)31-29-32(26(24)20-12-8-5-9-13-20)27(33)23(37-29)17-18-14-15-22(35-2)21(30)16-18/h4-17,26H,3H2,1-2H3/b23-17-. The number of rotatable bonds is 6. The highest BCUT2D eigenvalue weighted by Gasteiger charge is 2.35. The van der Waals surface area contributed by atoms with Crippen LogP contribution < -0.4 is 19.6 Å². The number of benzene rings is 3. The summed E-state index contributed by atoms with van der Waals surface area (Å²) >= 11 is 4.80. The molecule has 8 heteroatoms. The van der Waals surface area contributed by atoms with E-state index in [4.69, 9.17) is 14.5 Å². The van der Waals surface area contributed by atoms with Crippen molar-refractivity contribution in [3.8, 4) is 5.75 Å². The quantitative estimate of drug-likeness (QED) is 0.313. The van der Waals surface area contributed by atoms with Crippen molar-refractivity contribution in [1.29, 1.82) is 0 Å². The third kappa shape index (κ3) is 4.82. The molecule has 4 aromatic rings. The van der Waals surface area contributed by atoms with E-state index in [0.717, 1.165) is 21.2 Å². The predicted molar refractivity (Wildman–Crippen MR) is 148 cm³/mol. The van der Waals surface area contributed by atoms with E-state index in [1.54, 1.807) is 18.6 Å². The Labute approximate surface area is 226 Å². The molecular weight excluding hydrogens is 552 g/mol. The molecule has 0 spiro atoms. The van der Waals surface area contributed by atoms with Crippen LogP contribution in [0.15, 0.2) is 98.7 Å². The van der Waals surface area contributed by atoms with Crippen molar-refractivity contribution in [2.75, 3.05) is 13.7 Å². The van der Waals surface area contributed by atoms with Gasteiger partial charge in [-0.05, 0) is 52.2 Å². The van der Waals surface area contributed by atoms with Crippen LogP contribution in [0.5, 0.6) is 5.75 Å². The monoisotopic (exact) mass is 574 g/mol. The van der Waals surface area contributed by atoms with Gasteiger partial charge in [0.15, 0.2) is 4.80 Å². The first-order valence-corrected chi connectivity index (χ1v) is 13.3. The number of thiazole rings is 1. The first kappa shape index (κ1) is 24.9. The Hall–Kier alpha value is -3.75. The third-order valence-corrected chi connectivity index (χ3v) is 7.57. The molecule has 3 aromatic carbocycles. The molecule has 0 bridgehead atoms. The van der Waals surface area contributed by atoms with Gasteiger partial charge in [-0.25, -0.2) is 9.79 Å². The SMILES string of the molecule is CCOC(=O)C1=C(c2ccccc2)N=c2s/c(=C\c3ccc(OC)c(Br)c3)c(=O)n2C1c1ccccc1. The Morgan fingerprint density at radius 1 is 1.08 bits per heavy atom. The Bertz CT molecular complexity index is 1670. The highest BCUT2D eigenvalue weighted by Crippen LogP contribution is 2.35. The fraction of sp³-hybridized carbons (Fsp3) is 0.138. The molecule has 0 fully saturated rings. The smallest absolute Gasteiger partial charge is 0.338 e. The Morgan fingerprint density at radius 2 is 1.78 bits per heavy atom. The number of aromatic nitrogens is 1. The molecule has 186 valence electrons. The number of esters is 1. The largest absolute Gasteiger partial charge is 0.496 e. The second-order valence-electron chi connectivity index (χ2n) is 8.24. The van der Waals surface area contributed by atoms with Crippen LogP contribution in [0.4, 0.5) is 0 Å². The van der Waals surface area contributed by atoms with Gasteiger partial charge in [0, 0.05) is 5.56 Å². The molecule has 1 aliphatic rings. The molecule has 0 radical (unpaired) electrons. The highest BCUT2D eigenvalue weighted by molar-refractivity contribution is 9.10. The summed E-state index contributed by atoms with van der Waals surface area (Å²) in [5.74, 6) is 0.210. The van der Waals surface area contributed by atoms with Crippen molar-refractivity contribution in [2.24, 2.45) is 4.99 Å². The van der Waals surface area contributed by atoms with E-state index in [1.807, 2.05) is 84.9 Å². The van der Waals surface area contributed by atoms with Gasteiger partial charge in [0.2, 0.25) is 0 Å². The zero-order chi connectivity index (χ0) is 25.9. The van der Waals surface area contributed by atoms with Crippen molar-refractivity contribution in [2.45, 2.75) is 13.0 Å². The van der Waals surface area contributed by atoms with E-state index in [1.165, 1.54) is 11.3 Å². The first-order chi connectivity index (χ1) is 18.0. The average molecular weight is 575 g/mol. The van der Waals surface area contributed by atoms with Crippen LogP contribution in [0.1, 0.15) is 29.7 Å². The normalized spacial score (nSPS) is 15.2. The van der Waals surface area contributed by atoms with Gasteiger partial charge in [0.1, 0.15) is 5.75 Å². The van der Waals surface area contributed by atoms with Gasteiger partial charge < -0.3 is 9.47 Å². The third-order valence-electron chi connectivity index (χ3n) is 5.96. The van der Waals surface area contributed by atoms with E-state index in [9.17, 15) is 9.59 Å². The van der Waals surface area contributed by atoms with Gasteiger partial charge in [-0.2, -0.15) is 0 Å². The number of fused-ring (bicyclic) bond motifs is 1. The van der Waals surface area contributed by atoms with Crippen LogP contribution >= 0.6 is 27.3 Å². The van der Waals surface area contributed by atoms with Crippen LogP contribution in [0.2, 0.25) is 0 Å². The lowest BCUT2D eigenvalue weighted by Gasteiger charge is -2.25. The minimum absolute atomic E-state index is 0.211. The molecular formula is C29H23BrN2O4S. The molecule has 0 aliphatic carbocycles. The summed E-state index contributed by atoms with van der Waals surface area (Å²) in [4.78, 5) is 32.6. The molecule has 1 unspecified atom stereocenters. The molecule has 6 nitrogen and oxygen atoms in total. The molecule has 0 amide bonds. The first-order valence-electron chi connectivity index (χ1n) is 11.7. The Balaban J connectivity index is 1.80. The predicted octanol–water partition coefficient (Wildman–Crippen LogP) is 4.71. The second kappa shape index (κ2) is 10.7. The van der Waals surface area contributed by atoms with Crippen molar-refractivity contribution in [1.82, 2.24) is 4.57 Å². The van der Waals surface area contributed by atoms with Gasteiger partial charge >= 0.3 is 5.97 Å². The van der Waals surface area contributed by atoms with Crippen molar-refractivity contribution in [3.63, 3.8) is 0 Å². The van der Waals surface area contributed by atoms with Gasteiger partial charge in [0.05, 0.1) is 40.0 Å². The Kier molecular flexibility index (Phi) is 7.21. The van der Waals surface area contributed by atoms with Crippen molar-refractivity contribution < 1.29 is 14.3 Å². The summed E-state index contributed by atoms with van der Waals surface area (Å²) in [6.45, 7) is 1.98. The zero-order valence-corrected chi connectivity index (χ0v) is 22.6. The molecule has 0 saturated heterocycles. The lowest BCUT2D eigenvalue weighted by Crippen LogP contribution is -2.39. The average Bonchev–Trinajstić information content (AvgIpc) is 3.23. The maximum Gasteiger partial charge on any atom is 0.338 e. The van der Waals surface area contributed by atoms with Gasteiger partial charge in [-0.3, -0.25) is 9.36 Å². The number of nitrogens with zero attached hydrogens (tertiary/aromatic N) is 2. The minimum Gasteiger partial charge on any atom is -0.496 e. The molecule has 37 heavy (non-hydrogen) atoms. The molecule has 5 rings (SSSR count). The fourth-order valence-electron chi connectivity index (χ4n) is 4.31. The molecule has 0 saturated carbocycles. The van der Waals surface area contributed by atoms with Crippen LogP contribution in [-0.4, -0.2) is 24.3 Å². The van der Waals surface area contributed by atoms with E-state index >= 15 is 0 Å². The van der Waals surface area contributed by atoms with Crippen LogP contribution in [0.3, 0.4) is 0 Å². The van der Waals surface area contributed by atoms with Gasteiger partial charge in [-0.15, -0.1) is 0 Å². The van der Waals surface area contributed by atoms with Crippen LogP contribution in [0.25, 0.3) is 11.8 Å². The number of ether oxygens (including phenoxy) is 2. The van der Waals surface area contributed by atoms with E-state index in [0.29, 0.717) is 26.4 Å². The highest BCUT2D eigenvalue weighted by atomic mass is 79.9. The number of carbonyl (C=O) groups is 1. The summed E-state index contributed by atoms with van der Waals surface area (Å²) in [5.41, 5.74) is 3.04. The molecule has 1 aromatic heterocycles. The molecule has 0 N–H and O–H groups in total. The maximum absolute atomic E-state index is 13.8. The lowest BCUT2D eigenvalue weighted by molar-refractivity contribution is -0.138. The maximum atomic E-state index is 13.8. The summed E-state index contributed by atoms with van der Waals surface area (Å²) < 4.78 is 13.7. The Morgan fingerprint density at radius 3 is 2.43 bits per heavy atom. The van der Waals surface area contributed by atoms with E-state index in [2.05, 4.69) is 15.9 Å².